The van der Waals surface area contributed by atoms with Crippen LogP contribution in [0.1, 0.15) is 49.8 Å². The highest BCUT2D eigenvalue weighted by Crippen LogP contribution is 2.35. The molecule has 0 saturated heterocycles. The van der Waals surface area contributed by atoms with Crippen LogP contribution in [0.15, 0.2) is 36.9 Å². The summed E-state index contributed by atoms with van der Waals surface area (Å²) in [5.74, 6) is 0.555. The Morgan fingerprint density at radius 3 is 2.97 bits per heavy atom. The Morgan fingerprint density at radius 1 is 1.32 bits per heavy atom. The molecule has 0 radical (unpaired) electrons. The predicted molar refractivity (Wildman–Crippen MR) is 138 cm³/mol. The first kappa shape index (κ1) is 25.9. The second kappa shape index (κ2) is 10.5. The van der Waals surface area contributed by atoms with Crippen molar-refractivity contribution in [3.05, 3.63) is 69.1 Å². The lowest BCUT2D eigenvalue weighted by Crippen LogP contribution is -2.24. The fourth-order valence-corrected chi connectivity index (χ4v) is 6.63. The predicted octanol–water partition coefficient (Wildman–Crippen LogP) is 2.18. The highest BCUT2D eigenvalue weighted by molar-refractivity contribution is 7.84. The van der Waals surface area contributed by atoms with E-state index in [0.29, 0.717) is 41.9 Å². The van der Waals surface area contributed by atoms with E-state index in [0.717, 1.165) is 29.2 Å². The van der Waals surface area contributed by atoms with E-state index in [1.54, 1.807) is 6.20 Å². The van der Waals surface area contributed by atoms with E-state index in [-0.39, 0.29) is 24.2 Å². The summed E-state index contributed by atoms with van der Waals surface area (Å²) >= 11 is 1.47. The fourth-order valence-electron chi connectivity index (χ4n) is 5.28. The van der Waals surface area contributed by atoms with Crippen LogP contribution in [-0.2, 0) is 33.9 Å². The van der Waals surface area contributed by atoms with Gasteiger partial charge in [0.2, 0.25) is 5.78 Å². The standard InChI is InChI=1S/C25H29N5O5S2/c1-15-18(12-30-6-4-17-3-2-5-28-25(17)30)10-23(36-15)24(32)20-11-27-14-29-21(20)8-16-7-19(22(31)9-16)13-35-37(26,33)34/h2-3,5,10-11,14,16,19,22,31H,4,6-9,12-13H2,1H3,(H2,26,33,34)/t16-,19+,22-/m0/s1. The molecule has 3 aromatic heterocycles. The van der Waals surface area contributed by atoms with Crippen molar-refractivity contribution in [1.82, 2.24) is 15.0 Å². The molecule has 1 aliphatic heterocycles. The molecule has 0 aromatic carbocycles. The van der Waals surface area contributed by atoms with Crippen LogP contribution >= 0.6 is 11.3 Å². The van der Waals surface area contributed by atoms with Gasteiger partial charge in [-0.05, 0) is 61.8 Å². The minimum absolute atomic E-state index is 0.0221. The number of aryl methyl sites for hydroxylation is 1. The number of hydrogen-bond acceptors (Lipinski definition) is 10. The number of anilines is 1. The van der Waals surface area contributed by atoms with Gasteiger partial charge in [-0.25, -0.2) is 20.1 Å². The van der Waals surface area contributed by atoms with Gasteiger partial charge in [0.25, 0.3) is 0 Å². The van der Waals surface area contributed by atoms with E-state index in [1.165, 1.54) is 23.2 Å². The maximum Gasteiger partial charge on any atom is 0.333 e. The van der Waals surface area contributed by atoms with Gasteiger partial charge < -0.3 is 10.0 Å². The Morgan fingerprint density at radius 2 is 2.16 bits per heavy atom. The molecule has 10 nitrogen and oxygen atoms in total. The number of aliphatic hydroxyl groups excluding tert-OH is 1. The average Bonchev–Trinajstić information content (AvgIpc) is 3.54. The zero-order valence-corrected chi connectivity index (χ0v) is 22.0. The summed E-state index contributed by atoms with van der Waals surface area (Å²) in [5, 5.41) is 15.3. The molecule has 196 valence electrons. The number of aromatic nitrogens is 3. The number of carbonyl (C=O) groups is 1. The molecule has 0 unspecified atom stereocenters. The summed E-state index contributed by atoms with van der Waals surface area (Å²) in [6.07, 6.45) is 6.51. The number of ketones is 1. The Balaban J connectivity index is 1.29. The molecule has 2 aliphatic rings. The highest BCUT2D eigenvalue weighted by atomic mass is 32.2. The molecule has 1 aliphatic carbocycles. The average molecular weight is 544 g/mol. The quantitative estimate of drug-likeness (QED) is 0.387. The fraction of sp³-hybridized carbons (Fsp3) is 0.440. The molecular weight excluding hydrogens is 514 g/mol. The Kier molecular flexibility index (Phi) is 7.37. The van der Waals surface area contributed by atoms with Gasteiger partial charge in [0.1, 0.15) is 12.1 Å². The lowest BCUT2D eigenvalue weighted by Gasteiger charge is -2.17. The smallest absolute Gasteiger partial charge is 0.333 e. The number of hydrogen-bond donors (Lipinski definition) is 2. The first-order valence-electron chi connectivity index (χ1n) is 12.1. The van der Waals surface area contributed by atoms with Gasteiger partial charge in [-0.3, -0.25) is 8.98 Å². The summed E-state index contributed by atoms with van der Waals surface area (Å²) in [6, 6.07) is 6.02. The molecule has 0 spiro atoms. The van der Waals surface area contributed by atoms with Crippen molar-refractivity contribution in [3.63, 3.8) is 0 Å². The van der Waals surface area contributed by atoms with Gasteiger partial charge in [-0.2, -0.15) is 8.42 Å². The molecule has 3 aromatic rings. The number of nitrogens with two attached hydrogens (primary N) is 1. The molecule has 1 saturated carbocycles. The van der Waals surface area contributed by atoms with Crippen molar-refractivity contribution < 1.29 is 22.5 Å². The Labute approximate surface area is 219 Å². The molecule has 12 heteroatoms. The third-order valence-corrected chi connectivity index (χ3v) is 8.70. The normalized spacial score (nSPS) is 21.4. The summed E-state index contributed by atoms with van der Waals surface area (Å²) < 4.78 is 26.9. The van der Waals surface area contributed by atoms with E-state index in [2.05, 4.69) is 30.1 Å². The Hall–Kier alpha value is -2.77. The van der Waals surface area contributed by atoms with Crippen LogP contribution in [0.25, 0.3) is 0 Å². The third-order valence-electron chi connectivity index (χ3n) is 7.15. The molecule has 1 fully saturated rings. The van der Waals surface area contributed by atoms with Crippen molar-refractivity contribution in [1.29, 1.82) is 0 Å². The molecule has 3 N–H and O–H groups in total. The second-order valence-electron chi connectivity index (χ2n) is 9.71. The maximum absolute atomic E-state index is 13.5. The van der Waals surface area contributed by atoms with Crippen LogP contribution in [-0.4, -0.2) is 53.5 Å². The first-order valence-corrected chi connectivity index (χ1v) is 14.4. The van der Waals surface area contributed by atoms with Gasteiger partial charge in [-0.1, -0.05) is 6.07 Å². The number of pyridine rings is 1. The number of thiophene rings is 1. The number of rotatable bonds is 9. The van der Waals surface area contributed by atoms with E-state index >= 15 is 0 Å². The lowest BCUT2D eigenvalue weighted by molar-refractivity contribution is 0.100. The molecule has 3 atom stereocenters. The van der Waals surface area contributed by atoms with E-state index < -0.39 is 16.4 Å². The van der Waals surface area contributed by atoms with Gasteiger partial charge in [0.15, 0.2) is 0 Å². The van der Waals surface area contributed by atoms with Crippen LogP contribution < -0.4 is 10.0 Å². The molecule has 4 heterocycles. The zero-order chi connectivity index (χ0) is 26.2. The van der Waals surface area contributed by atoms with E-state index in [4.69, 9.17) is 5.14 Å². The summed E-state index contributed by atoms with van der Waals surface area (Å²) in [4.78, 5) is 30.5. The monoisotopic (exact) mass is 543 g/mol. The van der Waals surface area contributed by atoms with Crippen LogP contribution in [0.4, 0.5) is 5.82 Å². The summed E-state index contributed by atoms with van der Waals surface area (Å²) in [7, 11) is -4.07. The van der Waals surface area contributed by atoms with Crippen LogP contribution in [0.2, 0.25) is 0 Å². The first-order chi connectivity index (χ1) is 17.7. The van der Waals surface area contributed by atoms with Crippen LogP contribution in [0, 0.1) is 18.8 Å². The second-order valence-corrected chi connectivity index (χ2v) is 12.2. The molecule has 0 bridgehead atoms. The van der Waals surface area contributed by atoms with Crippen molar-refractivity contribution in [2.75, 3.05) is 18.1 Å². The number of fused-ring (bicyclic) bond motifs is 1. The van der Waals surface area contributed by atoms with Gasteiger partial charge in [0.05, 0.1) is 28.8 Å². The third kappa shape index (κ3) is 5.88. The Bertz CT molecular complexity index is 1410. The minimum atomic E-state index is -4.07. The molecular formula is C25H29N5O5S2. The van der Waals surface area contributed by atoms with Crippen molar-refractivity contribution in [2.45, 2.75) is 45.3 Å². The number of nitrogens with zero attached hydrogens (tertiary/aromatic N) is 4. The van der Waals surface area contributed by atoms with Gasteiger partial charge in [0, 0.05) is 36.3 Å². The van der Waals surface area contributed by atoms with Gasteiger partial charge in [-0.15, -0.1) is 11.3 Å². The van der Waals surface area contributed by atoms with Crippen LogP contribution in [0.5, 0.6) is 0 Å². The minimum Gasteiger partial charge on any atom is -0.393 e. The largest absolute Gasteiger partial charge is 0.393 e. The molecule has 0 amide bonds. The molecule has 5 rings (SSSR count). The topological polar surface area (TPSA) is 149 Å². The SMILES string of the molecule is Cc1sc(C(=O)c2cncnc2C[C@@H]2C[C@H](COS(N)(=O)=O)[C@@H](O)C2)cc1CN1CCc2cccnc21. The maximum atomic E-state index is 13.5. The van der Waals surface area contributed by atoms with Crippen LogP contribution in [0.3, 0.4) is 0 Å². The number of carbonyl (C=O) groups excluding carboxylic acids is 1. The summed E-state index contributed by atoms with van der Waals surface area (Å²) in [5.41, 5.74) is 3.41. The van der Waals surface area contributed by atoms with Crippen molar-refractivity contribution in [3.8, 4) is 0 Å². The molecule has 37 heavy (non-hydrogen) atoms. The van der Waals surface area contributed by atoms with E-state index in [1.807, 2.05) is 25.3 Å². The van der Waals surface area contributed by atoms with E-state index in [9.17, 15) is 18.3 Å². The number of aliphatic hydroxyl groups is 1. The van der Waals surface area contributed by atoms with Crippen molar-refractivity contribution in [2.24, 2.45) is 17.0 Å². The van der Waals surface area contributed by atoms with Gasteiger partial charge >= 0.3 is 10.3 Å². The summed E-state index contributed by atoms with van der Waals surface area (Å²) in [6.45, 7) is 3.45. The zero-order valence-electron chi connectivity index (χ0n) is 20.4. The van der Waals surface area contributed by atoms with Crippen molar-refractivity contribution >= 4 is 33.2 Å². The highest BCUT2D eigenvalue weighted by Gasteiger charge is 2.35. The lowest BCUT2D eigenvalue weighted by atomic mass is 9.96.